The largest absolute Gasteiger partial charge is 0.478 e. The standard InChI is InChI=1S/C16H14N2O4/c17-14(18)13-11(15(19)20)7-4-8-12(13)16(21)22-9-10-5-2-1-3-6-10/h1-8H,9H2,(H3,17,18)(H,19,20). The van der Waals surface area contributed by atoms with Gasteiger partial charge in [0.1, 0.15) is 12.4 Å². The van der Waals surface area contributed by atoms with E-state index in [1.807, 2.05) is 18.2 Å². The van der Waals surface area contributed by atoms with Crippen LogP contribution in [0.15, 0.2) is 48.5 Å². The summed E-state index contributed by atoms with van der Waals surface area (Å²) in [4.78, 5) is 23.3. The molecule has 6 nitrogen and oxygen atoms in total. The van der Waals surface area contributed by atoms with Crippen LogP contribution < -0.4 is 5.73 Å². The molecule has 0 aliphatic rings. The summed E-state index contributed by atoms with van der Waals surface area (Å²) in [5.74, 6) is -2.48. The normalized spacial score (nSPS) is 10.0. The number of nitrogens with one attached hydrogen (secondary N) is 1. The lowest BCUT2D eigenvalue weighted by atomic mass is 10.00. The topological polar surface area (TPSA) is 113 Å². The number of esters is 1. The van der Waals surface area contributed by atoms with E-state index in [9.17, 15) is 9.59 Å². The van der Waals surface area contributed by atoms with E-state index in [-0.39, 0.29) is 23.3 Å². The molecule has 4 N–H and O–H groups in total. The van der Waals surface area contributed by atoms with Crippen LogP contribution in [0.4, 0.5) is 0 Å². The van der Waals surface area contributed by atoms with Crippen LogP contribution in [0, 0.1) is 5.41 Å². The van der Waals surface area contributed by atoms with Gasteiger partial charge in [0, 0.05) is 5.56 Å². The van der Waals surface area contributed by atoms with E-state index in [2.05, 4.69) is 0 Å². The van der Waals surface area contributed by atoms with Crippen molar-refractivity contribution in [2.24, 2.45) is 5.73 Å². The molecule has 0 fully saturated rings. The molecule has 2 rings (SSSR count). The minimum absolute atomic E-state index is 0.0386. The first-order valence-electron chi connectivity index (χ1n) is 6.42. The quantitative estimate of drug-likeness (QED) is 0.444. The minimum atomic E-state index is -1.26. The molecule has 0 amide bonds. The van der Waals surface area contributed by atoms with Crippen molar-refractivity contribution >= 4 is 17.8 Å². The molecule has 0 bridgehead atoms. The van der Waals surface area contributed by atoms with Gasteiger partial charge < -0.3 is 15.6 Å². The number of carboxylic acids is 1. The van der Waals surface area contributed by atoms with Gasteiger partial charge in [0.25, 0.3) is 0 Å². The first kappa shape index (κ1) is 15.2. The lowest BCUT2D eigenvalue weighted by molar-refractivity contribution is 0.0472. The number of amidine groups is 1. The number of hydrogen-bond donors (Lipinski definition) is 3. The Bertz CT molecular complexity index is 726. The zero-order valence-electron chi connectivity index (χ0n) is 11.6. The van der Waals surface area contributed by atoms with E-state index in [0.29, 0.717) is 0 Å². The van der Waals surface area contributed by atoms with Crippen LogP contribution in [0.5, 0.6) is 0 Å². The van der Waals surface area contributed by atoms with E-state index in [1.54, 1.807) is 12.1 Å². The van der Waals surface area contributed by atoms with Crippen LogP contribution in [0.1, 0.15) is 31.8 Å². The SMILES string of the molecule is N=C(N)c1c(C(=O)O)cccc1C(=O)OCc1ccccc1. The van der Waals surface area contributed by atoms with Crippen LogP contribution in [0.25, 0.3) is 0 Å². The van der Waals surface area contributed by atoms with Crippen molar-refractivity contribution in [3.8, 4) is 0 Å². The number of carboxylic acid groups (broad SMARTS) is 1. The second kappa shape index (κ2) is 6.53. The fourth-order valence-corrected chi connectivity index (χ4v) is 1.99. The Morgan fingerprint density at radius 2 is 1.68 bits per heavy atom. The van der Waals surface area contributed by atoms with E-state index >= 15 is 0 Å². The number of nitrogen functional groups attached to an aromatic ring is 1. The summed E-state index contributed by atoms with van der Waals surface area (Å²) in [7, 11) is 0. The van der Waals surface area contributed by atoms with Crippen molar-refractivity contribution in [2.75, 3.05) is 0 Å². The van der Waals surface area contributed by atoms with Gasteiger partial charge in [-0.05, 0) is 17.7 Å². The van der Waals surface area contributed by atoms with Gasteiger partial charge in [-0.25, -0.2) is 9.59 Å². The predicted molar refractivity (Wildman–Crippen MR) is 80.0 cm³/mol. The summed E-state index contributed by atoms with van der Waals surface area (Å²) in [5, 5.41) is 16.6. The highest BCUT2D eigenvalue weighted by atomic mass is 16.5. The zero-order chi connectivity index (χ0) is 16.1. The molecule has 6 heteroatoms. The average molecular weight is 298 g/mol. The van der Waals surface area contributed by atoms with Crippen molar-refractivity contribution < 1.29 is 19.4 Å². The van der Waals surface area contributed by atoms with Crippen molar-refractivity contribution in [1.82, 2.24) is 0 Å². The second-order valence-corrected chi connectivity index (χ2v) is 4.51. The third-order valence-electron chi connectivity index (χ3n) is 3.00. The van der Waals surface area contributed by atoms with Gasteiger partial charge in [0.15, 0.2) is 0 Å². The summed E-state index contributed by atoms with van der Waals surface area (Å²) < 4.78 is 5.16. The molecular formula is C16H14N2O4. The molecule has 22 heavy (non-hydrogen) atoms. The highest BCUT2D eigenvalue weighted by molar-refractivity contribution is 6.12. The van der Waals surface area contributed by atoms with Crippen molar-refractivity contribution in [3.63, 3.8) is 0 Å². The molecule has 0 radical (unpaired) electrons. The molecule has 112 valence electrons. The monoisotopic (exact) mass is 298 g/mol. The Balaban J connectivity index is 2.28. The van der Waals surface area contributed by atoms with Gasteiger partial charge in [-0.2, -0.15) is 0 Å². The maximum Gasteiger partial charge on any atom is 0.339 e. The molecule has 2 aromatic carbocycles. The summed E-state index contributed by atoms with van der Waals surface area (Å²) in [5.41, 5.74) is 5.83. The number of carbonyl (C=O) groups excluding carboxylic acids is 1. The third-order valence-corrected chi connectivity index (χ3v) is 3.00. The third kappa shape index (κ3) is 3.29. The van der Waals surface area contributed by atoms with Gasteiger partial charge >= 0.3 is 11.9 Å². The molecule has 0 heterocycles. The fourth-order valence-electron chi connectivity index (χ4n) is 1.99. The molecule has 0 saturated heterocycles. The Morgan fingerprint density at radius 1 is 1.05 bits per heavy atom. The highest BCUT2D eigenvalue weighted by Crippen LogP contribution is 2.17. The Kier molecular flexibility index (Phi) is 4.53. The van der Waals surface area contributed by atoms with Crippen LogP contribution in [0.2, 0.25) is 0 Å². The summed E-state index contributed by atoms with van der Waals surface area (Å²) in [6.45, 7) is 0.0499. The number of nitrogens with two attached hydrogens (primary N) is 1. The Labute approximate surface area is 126 Å². The van der Waals surface area contributed by atoms with Crippen molar-refractivity contribution in [3.05, 3.63) is 70.8 Å². The molecule has 2 aromatic rings. The first-order valence-corrected chi connectivity index (χ1v) is 6.42. The molecule has 0 aliphatic carbocycles. The number of aromatic carboxylic acids is 1. The maximum atomic E-state index is 12.2. The predicted octanol–water partition coefficient (Wildman–Crippen LogP) is 2.03. The number of ether oxygens (including phenoxy) is 1. The average Bonchev–Trinajstić information content (AvgIpc) is 2.52. The van der Waals surface area contributed by atoms with E-state index in [1.165, 1.54) is 18.2 Å². The van der Waals surface area contributed by atoms with E-state index < -0.39 is 17.8 Å². The van der Waals surface area contributed by atoms with Gasteiger partial charge in [0.05, 0.1) is 11.1 Å². The van der Waals surface area contributed by atoms with Crippen molar-refractivity contribution in [1.29, 1.82) is 5.41 Å². The molecule has 0 atom stereocenters. The smallest absolute Gasteiger partial charge is 0.339 e. The highest BCUT2D eigenvalue weighted by Gasteiger charge is 2.21. The maximum absolute atomic E-state index is 12.2. The minimum Gasteiger partial charge on any atom is -0.478 e. The first-order chi connectivity index (χ1) is 10.5. The molecular weight excluding hydrogens is 284 g/mol. The molecule has 0 aromatic heterocycles. The van der Waals surface area contributed by atoms with Crippen LogP contribution in [0.3, 0.4) is 0 Å². The Hall–Kier alpha value is -3.15. The van der Waals surface area contributed by atoms with Gasteiger partial charge in [-0.3, -0.25) is 5.41 Å². The number of benzene rings is 2. The second-order valence-electron chi connectivity index (χ2n) is 4.51. The number of carbonyl (C=O) groups is 2. The number of rotatable bonds is 5. The van der Waals surface area contributed by atoms with Crippen molar-refractivity contribution in [2.45, 2.75) is 6.61 Å². The van der Waals surface area contributed by atoms with E-state index in [0.717, 1.165) is 5.56 Å². The molecule has 0 unspecified atom stereocenters. The van der Waals surface area contributed by atoms with Gasteiger partial charge in [-0.15, -0.1) is 0 Å². The van der Waals surface area contributed by atoms with Crippen LogP contribution in [-0.2, 0) is 11.3 Å². The van der Waals surface area contributed by atoms with Gasteiger partial charge in [0.2, 0.25) is 0 Å². The Morgan fingerprint density at radius 3 is 2.27 bits per heavy atom. The van der Waals surface area contributed by atoms with E-state index in [4.69, 9.17) is 21.0 Å². The van der Waals surface area contributed by atoms with Crippen LogP contribution >= 0.6 is 0 Å². The fraction of sp³-hybridized carbons (Fsp3) is 0.0625. The number of hydrogen-bond acceptors (Lipinski definition) is 4. The van der Waals surface area contributed by atoms with Gasteiger partial charge in [-0.1, -0.05) is 36.4 Å². The zero-order valence-corrected chi connectivity index (χ0v) is 11.6. The molecule has 0 spiro atoms. The molecule has 0 saturated carbocycles. The summed E-state index contributed by atoms with van der Waals surface area (Å²) in [6, 6.07) is 13.2. The lowest BCUT2D eigenvalue weighted by Crippen LogP contribution is -2.21. The molecule has 0 aliphatic heterocycles. The lowest BCUT2D eigenvalue weighted by Gasteiger charge is -2.11. The van der Waals surface area contributed by atoms with Crippen LogP contribution in [-0.4, -0.2) is 22.9 Å². The summed E-state index contributed by atoms with van der Waals surface area (Å²) in [6.07, 6.45) is 0. The summed E-state index contributed by atoms with van der Waals surface area (Å²) >= 11 is 0.